The molecule has 0 atom stereocenters. The summed E-state index contributed by atoms with van der Waals surface area (Å²) in [6.07, 6.45) is 1.97. The number of hydrogen-bond donors (Lipinski definition) is 0. The van der Waals surface area contributed by atoms with Gasteiger partial charge in [-0.3, -0.25) is 0 Å². The third kappa shape index (κ3) is 2.93. The van der Waals surface area contributed by atoms with Crippen LogP contribution >= 0.6 is 0 Å². The molecule has 0 amide bonds. The largest absolute Gasteiger partial charge is 0.465 e. The molecule has 118 valence electrons. The Morgan fingerprint density at radius 2 is 2.00 bits per heavy atom. The maximum Gasteiger partial charge on any atom is 0.340 e. The van der Waals surface area contributed by atoms with Crippen LogP contribution in [0.25, 0.3) is 5.52 Å². The van der Waals surface area contributed by atoms with Crippen LogP contribution in [0.15, 0.2) is 54.7 Å². The molecule has 0 fully saturated rings. The second-order valence-corrected chi connectivity index (χ2v) is 5.69. The summed E-state index contributed by atoms with van der Waals surface area (Å²) in [5, 5.41) is 0. The Morgan fingerprint density at radius 3 is 2.74 bits per heavy atom. The average Bonchev–Trinajstić information content (AvgIpc) is 2.93. The van der Waals surface area contributed by atoms with E-state index in [1.807, 2.05) is 34.9 Å². The van der Waals surface area contributed by atoms with Gasteiger partial charge in [0.25, 0.3) is 0 Å². The van der Waals surface area contributed by atoms with Crippen molar-refractivity contribution in [1.29, 1.82) is 0 Å². The predicted octanol–water partition coefficient (Wildman–Crippen LogP) is 3.67. The SMILES string of the molecule is COC(=O)c1cc(CN(C)c2cccc(C)c2)n2ccccc12. The third-order valence-corrected chi connectivity index (χ3v) is 4.00. The highest BCUT2D eigenvalue weighted by Crippen LogP contribution is 2.22. The first-order valence-corrected chi connectivity index (χ1v) is 7.55. The van der Waals surface area contributed by atoms with E-state index in [2.05, 4.69) is 43.1 Å². The molecule has 0 radical (unpaired) electrons. The minimum atomic E-state index is -0.307. The van der Waals surface area contributed by atoms with Crippen molar-refractivity contribution in [2.24, 2.45) is 0 Å². The number of fused-ring (bicyclic) bond motifs is 1. The van der Waals surface area contributed by atoms with E-state index >= 15 is 0 Å². The van der Waals surface area contributed by atoms with E-state index in [0.717, 1.165) is 16.9 Å². The fourth-order valence-corrected chi connectivity index (χ4v) is 2.82. The van der Waals surface area contributed by atoms with Crippen LogP contribution in [-0.2, 0) is 11.3 Å². The Balaban J connectivity index is 1.98. The number of aryl methyl sites for hydroxylation is 1. The molecule has 0 N–H and O–H groups in total. The molecule has 0 unspecified atom stereocenters. The van der Waals surface area contributed by atoms with Crippen LogP contribution in [0.3, 0.4) is 0 Å². The molecular formula is C19H20N2O2. The van der Waals surface area contributed by atoms with Crippen LogP contribution in [0.2, 0.25) is 0 Å². The normalized spacial score (nSPS) is 10.7. The molecule has 0 aliphatic carbocycles. The molecule has 0 aliphatic rings. The summed E-state index contributed by atoms with van der Waals surface area (Å²) < 4.78 is 6.94. The zero-order valence-corrected chi connectivity index (χ0v) is 13.6. The van der Waals surface area contributed by atoms with Gasteiger partial charge in [-0.25, -0.2) is 4.79 Å². The van der Waals surface area contributed by atoms with E-state index in [1.54, 1.807) is 0 Å². The highest BCUT2D eigenvalue weighted by atomic mass is 16.5. The van der Waals surface area contributed by atoms with Gasteiger partial charge in [-0.05, 0) is 42.8 Å². The molecule has 3 rings (SSSR count). The summed E-state index contributed by atoms with van der Waals surface area (Å²) in [5.41, 5.74) is 4.89. The number of hydrogen-bond acceptors (Lipinski definition) is 3. The van der Waals surface area contributed by atoms with Crippen molar-refractivity contribution in [3.63, 3.8) is 0 Å². The van der Waals surface area contributed by atoms with Crippen LogP contribution < -0.4 is 4.90 Å². The number of pyridine rings is 1. The molecule has 0 bridgehead atoms. The molecule has 0 spiro atoms. The minimum Gasteiger partial charge on any atom is -0.465 e. The highest BCUT2D eigenvalue weighted by Gasteiger charge is 2.16. The number of methoxy groups -OCH3 is 1. The van der Waals surface area contributed by atoms with E-state index in [1.165, 1.54) is 12.7 Å². The lowest BCUT2D eigenvalue weighted by Gasteiger charge is -2.19. The molecular weight excluding hydrogens is 288 g/mol. The number of ether oxygens (including phenoxy) is 1. The molecule has 3 aromatic rings. The Hall–Kier alpha value is -2.75. The van der Waals surface area contributed by atoms with Crippen LogP contribution in [0.4, 0.5) is 5.69 Å². The number of esters is 1. The molecule has 1 aromatic carbocycles. The van der Waals surface area contributed by atoms with Crippen LogP contribution in [0.5, 0.6) is 0 Å². The summed E-state index contributed by atoms with van der Waals surface area (Å²) in [6.45, 7) is 2.78. The number of aromatic nitrogens is 1. The number of nitrogens with zero attached hydrogens (tertiary/aromatic N) is 2. The topological polar surface area (TPSA) is 34.0 Å². The van der Waals surface area contributed by atoms with Gasteiger partial charge in [0, 0.05) is 24.6 Å². The second-order valence-electron chi connectivity index (χ2n) is 5.69. The monoisotopic (exact) mass is 308 g/mol. The summed E-state index contributed by atoms with van der Waals surface area (Å²) in [4.78, 5) is 14.2. The Morgan fingerprint density at radius 1 is 1.17 bits per heavy atom. The van der Waals surface area contributed by atoms with Gasteiger partial charge < -0.3 is 14.0 Å². The number of carbonyl (C=O) groups is 1. The fourth-order valence-electron chi connectivity index (χ4n) is 2.82. The van der Waals surface area contributed by atoms with Crippen LogP contribution in [0, 0.1) is 6.92 Å². The van der Waals surface area contributed by atoms with Gasteiger partial charge in [-0.15, -0.1) is 0 Å². The summed E-state index contributed by atoms with van der Waals surface area (Å²) in [6, 6.07) is 16.1. The fraction of sp³-hybridized carbons (Fsp3) is 0.211. The lowest BCUT2D eigenvalue weighted by atomic mass is 10.2. The van der Waals surface area contributed by atoms with Gasteiger partial charge in [0.1, 0.15) is 0 Å². The number of rotatable bonds is 4. The van der Waals surface area contributed by atoms with Crippen molar-refractivity contribution in [3.8, 4) is 0 Å². The van der Waals surface area contributed by atoms with Gasteiger partial charge in [-0.2, -0.15) is 0 Å². The lowest BCUT2D eigenvalue weighted by molar-refractivity contribution is 0.0603. The van der Waals surface area contributed by atoms with Crippen LogP contribution in [0.1, 0.15) is 21.6 Å². The lowest BCUT2D eigenvalue weighted by Crippen LogP contribution is -2.17. The Bertz CT molecular complexity index is 851. The molecule has 23 heavy (non-hydrogen) atoms. The molecule has 0 aliphatic heterocycles. The average molecular weight is 308 g/mol. The zero-order valence-electron chi connectivity index (χ0n) is 13.6. The van der Waals surface area contributed by atoms with Crippen molar-refractivity contribution in [3.05, 3.63) is 71.5 Å². The van der Waals surface area contributed by atoms with Gasteiger partial charge in [0.15, 0.2) is 0 Å². The van der Waals surface area contributed by atoms with E-state index in [4.69, 9.17) is 4.74 Å². The predicted molar refractivity (Wildman–Crippen MR) is 92.0 cm³/mol. The quantitative estimate of drug-likeness (QED) is 0.690. The van der Waals surface area contributed by atoms with E-state index in [0.29, 0.717) is 12.1 Å². The first kappa shape index (κ1) is 15.2. The maximum absolute atomic E-state index is 12.0. The first-order chi connectivity index (χ1) is 11.1. The second kappa shape index (κ2) is 6.16. The number of benzene rings is 1. The minimum absolute atomic E-state index is 0.307. The number of carbonyl (C=O) groups excluding carboxylic acids is 1. The van der Waals surface area contributed by atoms with Gasteiger partial charge >= 0.3 is 5.97 Å². The molecule has 0 saturated carbocycles. The van der Waals surface area contributed by atoms with E-state index in [-0.39, 0.29) is 5.97 Å². The van der Waals surface area contributed by atoms with Gasteiger partial charge in [0.2, 0.25) is 0 Å². The van der Waals surface area contributed by atoms with Crippen molar-refractivity contribution >= 4 is 17.2 Å². The van der Waals surface area contributed by atoms with E-state index in [9.17, 15) is 4.79 Å². The zero-order chi connectivity index (χ0) is 16.4. The molecule has 4 nitrogen and oxygen atoms in total. The van der Waals surface area contributed by atoms with Gasteiger partial charge in [-0.1, -0.05) is 18.2 Å². The van der Waals surface area contributed by atoms with Crippen LogP contribution in [-0.4, -0.2) is 24.5 Å². The van der Waals surface area contributed by atoms with Gasteiger partial charge in [0.05, 0.1) is 24.7 Å². The standard InChI is InChI=1S/C19H20N2O2/c1-14-7-6-8-15(11-14)20(2)13-16-12-17(19(22)23-3)18-9-4-5-10-21(16)18/h4-12H,13H2,1-3H3. The third-order valence-electron chi connectivity index (χ3n) is 4.00. The molecule has 2 aromatic heterocycles. The summed E-state index contributed by atoms with van der Waals surface area (Å²) in [5.74, 6) is -0.307. The van der Waals surface area contributed by atoms with Crippen molar-refractivity contribution in [1.82, 2.24) is 4.40 Å². The Kier molecular flexibility index (Phi) is 4.06. The highest BCUT2D eigenvalue weighted by molar-refractivity contribution is 5.97. The van der Waals surface area contributed by atoms with E-state index < -0.39 is 0 Å². The van der Waals surface area contributed by atoms with Crippen molar-refractivity contribution in [2.75, 3.05) is 19.1 Å². The van der Waals surface area contributed by atoms with Crippen molar-refractivity contribution in [2.45, 2.75) is 13.5 Å². The molecule has 0 saturated heterocycles. The number of anilines is 1. The smallest absolute Gasteiger partial charge is 0.340 e. The summed E-state index contributed by atoms with van der Waals surface area (Å²) >= 11 is 0. The molecule has 2 heterocycles. The van der Waals surface area contributed by atoms with Crippen molar-refractivity contribution < 1.29 is 9.53 Å². The Labute approximate surface area is 135 Å². The summed E-state index contributed by atoms with van der Waals surface area (Å²) in [7, 11) is 3.46. The maximum atomic E-state index is 12.0. The first-order valence-electron chi connectivity index (χ1n) is 7.55. The molecule has 4 heteroatoms.